The van der Waals surface area contributed by atoms with Crippen LogP contribution in [0.5, 0.6) is 0 Å². The van der Waals surface area contributed by atoms with E-state index in [1.807, 2.05) is 37.2 Å². The van der Waals surface area contributed by atoms with Crippen molar-refractivity contribution in [3.63, 3.8) is 0 Å². The molecule has 7 nitrogen and oxygen atoms in total. The van der Waals surface area contributed by atoms with Crippen LogP contribution < -0.4 is 10.6 Å². The fourth-order valence-electron chi connectivity index (χ4n) is 3.16. The zero-order chi connectivity index (χ0) is 17.8. The summed E-state index contributed by atoms with van der Waals surface area (Å²) < 4.78 is 1.68. The molecule has 7 heteroatoms. The predicted molar refractivity (Wildman–Crippen MR) is 95.8 cm³/mol. The lowest BCUT2D eigenvalue weighted by Gasteiger charge is -2.10. The van der Waals surface area contributed by atoms with E-state index in [4.69, 9.17) is 0 Å². The molecule has 0 saturated heterocycles. The highest BCUT2D eigenvalue weighted by Gasteiger charge is 2.24. The van der Waals surface area contributed by atoms with Crippen molar-refractivity contribution >= 4 is 17.3 Å². The van der Waals surface area contributed by atoms with Gasteiger partial charge < -0.3 is 15.5 Å². The summed E-state index contributed by atoms with van der Waals surface area (Å²) >= 11 is 0. The van der Waals surface area contributed by atoms with E-state index >= 15 is 0 Å². The number of aromatic nitrogens is 2. The van der Waals surface area contributed by atoms with Gasteiger partial charge in [-0.3, -0.25) is 14.0 Å². The Morgan fingerprint density at radius 1 is 1.24 bits per heavy atom. The molecular weight excluding hydrogens is 318 g/mol. The molecule has 2 N–H and O–H groups in total. The molecule has 2 heterocycles. The molecule has 2 aromatic rings. The van der Waals surface area contributed by atoms with Gasteiger partial charge in [0.1, 0.15) is 0 Å². The highest BCUT2D eigenvalue weighted by Crippen LogP contribution is 2.19. The summed E-state index contributed by atoms with van der Waals surface area (Å²) in [6, 6.07) is 5.69. The Hall–Kier alpha value is -2.41. The summed E-state index contributed by atoms with van der Waals surface area (Å²) in [5, 5.41) is 5.90. The molecule has 0 spiro atoms. The normalized spacial score (nSPS) is 15.0. The van der Waals surface area contributed by atoms with E-state index in [0.29, 0.717) is 17.8 Å². The van der Waals surface area contributed by atoms with Gasteiger partial charge in [0.25, 0.3) is 11.8 Å². The first-order valence-electron chi connectivity index (χ1n) is 8.77. The quantitative estimate of drug-likeness (QED) is 0.829. The molecule has 2 aromatic heterocycles. The fourth-order valence-corrected chi connectivity index (χ4v) is 3.16. The SMILES string of the molecule is CN(C)CCNC(=O)c1nc(C(=O)NC2CCCC2)c2ccccn12. The van der Waals surface area contributed by atoms with E-state index in [1.54, 1.807) is 10.6 Å². The van der Waals surface area contributed by atoms with Crippen LogP contribution in [0.1, 0.15) is 46.8 Å². The third-order valence-electron chi connectivity index (χ3n) is 4.50. The molecule has 134 valence electrons. The standard InChI is InChI=1S/C18H25N5O2/c1-22(2)12-10-19-18(25)16-21-15(14-9-5-6-11-23(14)16)17(24)20-13-7-3-4-8-13/h5-6,9,11,13H,3-4,7-8,10,12H2,1-2H3,(H,19,25)(H,20,24). The number of hydrogen-bond acceptors (Lipinski definition) is 4. The lowest BCUT2D eigenvalue weighted by atomic mass is 10.2. The molecule has 0 atom stereocenters. The highest BCUT2D eigenvalue weighted by molar-refractivity contribution is 6.02. The Morgan fingerprint density at radius 2 is 2.00 bits per heavy atom. The Kier molecular flexibility index (Phi) is 5.33. The zero-order valence-electron chi connectivity index (χ0n) is 14.8. The van der Waals surface area contributed by atoms with Crippen LogP contribution in [0.4, 0.5) is 0 Å². The number of nitrogens with one attached hydrogen (secondary N) is 2. The van der Waals surface area contributed by atoms with Crippen molar-refractivity contribution in [1.82, 2.24) is 24.9 Å². The summed E-state index contributed by atoms with van der Waals surface area (Å²) in [5.41, 5.74) is 0.959. The minimum atomic E-state index is -0.275. The predicted octanol–water partition coefficient (Wildman–Crippen LogP) is 1.30. The molecule has 0 aliphatic heterocycles. The monoisotopic (exact) mass is 343 g/mol. The number of nitrogens with zero attached hydrogens (tertiary/aromatic N) is 3. The molecule has 25 heavy (non-hydrogen) atoms. The number of carbonyl (C=O) groups excluding carboxylic acids is 2. The smallest absolute Gasteiger partial charge is 0.287 e. The van der Waals surface area contributed by atoms with E-state index in [1.165, 1.54) is 0 Å². The van der Waals surface area contributed by atoms with E-state index < -0.39 is 0 Å². The van der Waals surface area contributed by atoms with Gasteiger partial charge in [-0.25, -0.2) is 4.98 Å². The van der Waals surface area contributed by atoms with Gasteiger partial charge in [-0.05, 0) is 39.1 Å². The maximum atomic E-state index is 12.6. The average molecular weight is 343 g/mol. The Labute approximate surface area is 147 Å². The minimum Gasteiger partial charge on any atom is -0.348 e. The molecule has 1 aliphatic carbocycles. The highest BCUT2D eigenvalue weighted by atomic mass is 16.2. The third-order valence-corrected chi connectivity index (χ3v) is 4.50. The molecular formula is C18H25N5O2. The van der Waals surface area contributed by atoms with Crippen LogP contribution in [0.3, 0.4) is 0 Å². The maximum Gasteiger partial charge on any atom is 0.287 e. The topological polar surface area (TPSA) is 78.7 Å². The molecule has 2 amide bonds. The summed E-state index contributed by atoms with van der Waals surface area (Å²) in [4.78, 5) is 31.4. The second kappa shape index (κ2) is 7.65. The summed E-state index contributed by atoms with van der Waals surface area (Å²) in [6.45, 7) is 1.27. The molecule has 1 saturated carbocycles. The van der Waals surface area contributed by atoms with Crippen molar-refractivity contribution in [1.29, 1.82) is 0 Å². The van der Waals surface area contributed by atoms with E-state index in [-0.39, 0.29) is 23.7 Å². The fraction of sp³-hybridized carbons (Fsp3) is 0.500. The molecule has 1 aliphatic rings. The van der Waals surface area contributed by atoms with Crippen LogP contribution in [0.2, 0.25) is 0 Å². The number of likely N-dealkylation sites (N-methyl/N-ethyl adjacent to an activating group) is 1. The van der Waals surface area contributed by atoms with Crippen LogP contribution in [-0.2, 0) is 0 Å². The van der Waals surface area contributed by atoms with Crippen LogP contribution in [0, 0.1) is 0 Å². The van der Waals surface area contributed by atoms with Crippen molar-refractivity contribution in [2.45, 2.75) is 31.7 Å². The van der Waals surface area contributed by atoms with Crippen molar-refractivity contribution in [2.75, 3.05) is 27.2 Å². The molecule has 0 aromatic carbocycles. The van der Waals surface area contributed by atoms with Gasteiger partial charge in [0, 0.05) is 25.3 Å². The lowest BCUT2D eigenvalue weighted by Crippen LogP contribution is -2.33. The molecule has 1 fully saturated rings. The number of carbonyl (C=O) groups is 2. The maximum absolute atomic E-state index is 12.6. The van der Waals surface area contributed by atoms with Crippen LogP contribution in [0.15, 0.2) is 24.4 Å². The Balaban J connectivity index is 1.82. The second-order valence-corrected chi connectivity index (χ2v) is 6.75. The van der Waals surface area contributed by atoms with Crippen molar-refractivity contribution in [2.24, 2.45) is 0 Å². The minimum absolute atomic E-state index is 0.206. The second-order valence-electron chi connectivity index (χ2n) is 6.75. The first-order chi connectivity index (χ1) is 12.1. The van der Waals surface area contributed by atoms with Crippen molar-refractivity contribution in [3.05, 3.63) is 35.9 Å². The van der Waals surface area contributed by atoms with Crippen molar-refractivity contribution in [3.8, 4) is 0 Å². The Bertz CT molecular complexity index is 762. The summed E-state index contributed by atoms with van der Waals surface area (Å²) in [6.07, 6.45) is 6.07. The zero-order valence-corrected chi connectivity index (χ0v) is 14.8. The number of amides is 2. The molecule has 0 unspecified atom stereocenters. The van der Waals surface area contributed by atoms with E-state index in [0.717, 1.165) is 32.2 Å². The van der Waals surface area contributed by atoms with Gasteiger partial charge >= 0.3 is 0 Å². The van der Waals surface area contributed by atoms with E-state index in [2.05, 4.69) is 15.6 Å². The first kappa shape index (κ1) is 17.4. The Morgan fingerprint density at radius 3 is 2.72 bits per heavy atom. The van der Waals surface area contributed by atoms with Crippen LogP contribution >= 0.6 is 0 Å². The number of pyridine rings is 1. The third kappa shape index (κ3) is 3.99. The molecule has 3 rings (SSSR count). The van der Waals surface area contributed by atoms with Gasteiger partial charge in [0.15, 0.2) is 5.69 Å². The van der Waals surface area contributed by atoms with Crippen LogP contribution in [-0.4, -0.2) is 59.3 Å². The number of rotatable bonds is 6. The van der Waals surface area contributed by atoms with Gasteiger partial charge in [-0.2, -0.15) is 0 Å². The summed E-state index contributed by atoms with van der Waals surface area (Å²) in [5.74, 6) is -0.239. The number of imidazole rings is 1. The largest absolute Gasteiger partial charge is 0.348 e. The summed E-state index contributed by atoms with van der Waals surface area (Å²) in [7, 11) is 3.89. The van der Waals surface area contributed by atoms with Crippen LogP contribution in [0.25, 0.3) is 5.52 Å². The van der Waals surface area contributed by atoms with E-state index in [9.17, 15) is 9.59 Å². The number of hydrogen-bond donors (Lipinski definition) is 2. The molecule has 0 bridgehead atoms. The molecule has 0 radical (unpaired) electrons. The van der Waals surface area contributed by atoms with Gasteiger partial charge in [0.05, 0.1) is 5.52 Å². The number of fused-ring (bicyclic) bond motifs is 1. The van der Waals surface area contributed by atoms with Gasteiger partial charge in [0.2, 0.25) is 5.82 Å². The first-order valence-corrected chi connectivity index (χ1v) is 8.77. The van der Waals surface area contributed by atoms with Gasteiger partial charge in [-0.15, -0.1) is 0 Å². The van der Waals surface area contributed by atoms with Gasteiger partial charge in [-0.1, -0.05) is 18.9 Å². The lowest BCUT2D eigenvalue weighted by molar-refractivity contribution is 0.0935. The average Bonchev–Trinajstić information content (AvgIpc) is 3.21. The van der Waals surface area contributed by atoms with Crippen molar-refractivity contribution < 1.29 is 9.59 Å².